The van der Waals surface area contributed by atoms with E-state index in [0.29, 0.717) is 32.7 Å². The first-order valence-electron chi connectivity index (χ1n) is 10.7. The van der Waals surface area contributed by atoms with Gasteiger partial charge in [0.25, 0.3) is 17.7 Å². The summed E-state index contributed by atoms with van der Waals surface area (Å²) < 4.78 is 5.31. The van der Waals surface area contributed by atoms with Gasteiger partial charge in [0.2, 0.25) is 0 Å². The summed E-state index contributed by atoms with van der Waals surface area (Å²) in [5.74, 6) is -1.22. The number of carbonyl (C=O) groups excluding carboxylic acids is 3. The maximum Gasteiger partial charge on any atom is 0.283 e. The van der Waals surface area contributed by atoms with Crippen molar-refractivity contribution >= 4 is 63.9 Å². The number of ether oxygens (including phenoxy) is 1. The van der Waals surface area contributed by atoms with Crippen LogP contribution >= 0.6 is 34.8 Å². The van der Waals surface area contributed by atoms with Crippen molar-refractivity contribution in [2.45, 2.75) is 13.5 Å². The fraction of sp³-hybridized carbons (Fsp3) is 0.115. The van der Waals surface area contributed by atoms with Gasteiger partial charge in [0.1, 0.15) is 16.5 Å². The van der Waals surface area contributed by atoms with Crippen LogP contribution in [0.2, 0.25) is 10.0 Å². The predicted octanol–water partition coefficient (Wildman–Crippen LogP) is 5.68. The molecule has 3 aromatic carbocycles. The minimum Gasteiger partial charge on any atom is -0.495 e. The van der Waals surface area contributed by atoms with Crippen molar-refractivity contribution < 1.29 is 19.1 Å². The first-order valence-corrected chi connectivity index (χ1v) is 11.9. The zero-order chi connectivity index (χ0) is 26.0. The molecule has 4 rings (SSSR count). The topological polar surface area (TPSA) is 87.7 Å². The molecule has 0 aromatic heterocycles. The van der Waals surface area contributed by atoms with Gasteiger partial charge in [-0.05, 0) is 66.6 Å². The third-order valence-electron chi connectivity index (χ3n) is 5.47. The molecule has 1 aliphatic heterocycles. The van der Waals surface area contributed by atoms with Crippen molar-refractivity contribution in [3.8, 4) is 5.75 Å². The second kappa shape index (κ2) is 10.6. The van der Waals surface area contributed by atoms with Crippen LogP contribution in [0, 0.1) is 6.92 Å². The van der Waals surface area contributed by atoms with Crippen LogP contribution in [0.25, 0.3) is 0 Å². The highest BCUT2D eigenvalue weighted by molar-refractivity contribution is 6.53. The lowest BCUT2D eigenvalue weighted by Gasteiger charge is -2.18. The number of rotatable bonds is 7. The molecule has 0 spiro atoms. The molecule has 3 amide bonds. The Morgan fingerprint density at radius 3 is 2.33 bits per heavy atom. The van der Waals surface area contributed by atoms with Gasteiger partial charge >= 0.3 is 0 Å². The van der Waals surface area contributed by atoms with Crippen LogP contribution in [0.3, 0.4) is 0 Å². The highest BCUT2D eigenvalue weighted by Gasteiger charge is 2.40. The molecule has 1 heterocycles. The van der Waals surface area contributed by atoms with Gasteiger partial charge < -0.3 is 15.4 Å². The SMILES string of the molecule is COc1ccc(C)cc1N1C(=O)C(Cl)=C(Nc2ccc(C(=O)NCc3ccc(Cl)cc3Cl)cc2)C1=O. The smallest absolute Gasteiger partial charge is 0.283 e. The Bertz CT molecular complexity index is 1400. The molecule has 0 unspecified atom stereocenters. The van der Waals surface area contributed by atoms with Crippen molar-refractivity contribution in [2.24, 2.45) is 0 Å². The number of aryl methyl sites for hydroxylation is 1. The third kappa shape index (κ3) is 5.18. The monoisotopic (exact) mass is 543 g/mol. The summed E-state index contributed by atoms with van der Waals surface area (Å²) in [6.45, 7) is 2.07. The molecule has 10 heteroatoms. The number of methoxy groups -OCH3 is 1. The first-order chi connectivity index (χ1) is 17.2. The summed E-state index contributed by atoms with van der Waals surface area (Å²) >= 11 is 18.3. The lowest BCUT2D eigenvalue weighted by molar-refractivity contribution is -0.120. The molecule has 0 bridgehead atoms. The van der Waals surface area contributed by atoms with E-state index >= 15 is 0 Å². The maximum absolute atomic E-state index is 13.1. The Morgan fingerprint density at radius 2 is 1.67 bits per heavy atom. The van der Waals surface area contributed by atoms with Gasteiger partial charge in [-0.2, -0.15) is 0 Å². The molecular weight excluding hydrogens is 525 g/mol. The maximum atomic E-state index is 13.1. The minimum atomic E-state index is -0.662. The number of nitrogens with one attached hydrogen (secondary N) is 2. The van der Waals surface area contributed by atoms with E-state index in [-0.39, 0.29) is 23.2 Å². The van der Waals surface area contributed by atoms with Gasteiger partial charge in [0, 0.05) is 27.8 Å². The fourth-order valence-electron chi connectivity index (χ4n) is 3.60. The van der Waals surface area contributed by atoms with Gasteiger partial charge in [-0.3, -0.25) is 14.4 Å². The van der Waals surface area contributed by atoms with Crippen LogP contribution in [-0.2, 0) is 16.1 Å². The Kier molecular flexibility index (Phi) is 7.54. The van der Waals surface area contributed by atoms with E-state index in [0.717, 1.165) is 16.0 Å². The highest BCUT2D eigenvalue weighted by atomic mass is 35.5. The predicted molar refractivity (Wildman–Crippen MR) is 141 cm³/mol. The summed E-state index contributed by atoms with van der Waals surface area (Å²) in [7, 11) is 1.45. The molecular formula is C26H20Cl3N3O4. The van der Waals surface area contributed by atoms with Crippen LogP contribution in [0.1, 0.15) is 21.5 Å². The van der Waals surface area contributed by atoms with E-state index < -0.39 is 11.8 Å². The van der Waals surface area contributed by atoms with E-state index in [2.05, 4.69) is 10.6 Å². The standard InChI is InChI=1S/C26H20Cl3N3O4/c1-14-3-10-21(36-2)20(11-14)32-25(34)22(29)23(26(32)35)31-18-8-5-15(6-9-18)24(33)30-13-16-4-7-17(27)12-19(16)28/h3-12,31H,13H2,1-2H3,(H,30,33). The van der Waals surface area contributed by atoms with E-state index in [9.17, 15) is 14.4 Å². The number of carbonyl (C=O) groups is 3. The van der Waals surface area contributed by atoms with E-state index in [1.54, 1.807) is 54.6 Å². The van der Waals surface area contributed by atoms with Crippen LogP contribution in [-0.4, -0.2) is 24.8 Å². The number of amides is 3. The fourth-order valence-corrected chi connectivity index (χ4v) is 4.28. The zero-order valence-corrected chi connectivity index (χ0v) is 21.5. The number of hydrogen-bond acceptors (Lipinski definition) is 5. The Balaban J connectivity index is 1.46. The van der Waals surface area contributed by atoms with Crippen molar-refractivity contribution in [3.05, 3.63) is 98.1 Å². The largest absolute Gasteiger partial charge is 0.495 e. The molecule has 0 atom stereocenters. The quantitative estimate of drug-likeness (QED) is 0.374. The molecule has 7 nitrogen and oxygen atoms in total. The molecule has 1 aliphatic rings. The highest BCUT2D eigenvalue weighted by Crippen LogP contribution is 2.36. The van der Waals surface area contributed by atoms with E-state index in [4.69, 9.17) is 39.5 Å². The van der Waals surface area contributed by atoms with Gasteiger partial charge in [-0.25, -0.2) is 4.90 Å². The van der Waals surface area contributed by atoms with E-state index in [1.807, 2.05) is 13.0 Å². The van der Waals surface area contributed by atoms with Crippen molar-refractivity contribution in [1.82, 2.24) is 5.32 Å². The summed E-state index contributed by atoms with van der Waals surface area (Å²) in [6.07, 6.45) is 0. The lowest BCUT2D eigenvalue weighted by atomic mass is 10.1. The Labute approximate surface area is 222 Å². The second-order valence-corrected chi connectivity index (χ2v) is 9.15. The Hall–Kier alpha value is -3.52. The number of anilines is 2. The number of imide groups is 1. The number of hydrogen-bond donors (Lipinski definition) is 2. The van der Waals surface area contributed by atoms with E-state index in [1.165, 1.54) is 7.11 Å². The normalized spacial score (nSPS) is 13.3. The number of nitrogens with zero attached hydrogens (tertiary/aromatic N) is 1. The van der Waals surface area contributed by atoms with Crippen molar-refractivity contribution in [3.63, 3.8) is 0 Å². The zero-order valence-electron chi connectivity index (χ0n) is 19.2. The van der Waals surface area contributed by atoms with Crippen LogP contribution in [0.5, 0.6) is 5.75 Å². The molecule has 0 saturated carbocycles. The molecule has 2 N–H and O–H groups in total. The van der Waals surface area contributed by atoms with Crippen molar-refractivity contribution in [2.75, 3.05) is 17.3 Å². The molecule has 3 aromatic rings. The summed E-state index contributed by atoms with van der Waals surface area (Å²) in [5.41, 5.74) is 2.67. The van der Waals surface area contributed by atoms with Gasteiger partial charge in [-0.15, -0.1) is 0 Å². The molecule has 36 heavy (non-hydrogen) atoms. The van der Waals surface area contributed by atoms with Crippen LogP contribution < -0.4 is 20.3 Å². The molecule has 0 aliphatic carbocycles. The van der Waals surface area contributed by atoms with Crippen molar-refractivity contribution in [1.29, 1.82) is 0 Å². The summed E-state index contributed by atoms with van der Waals surface area (Å²) in [6, 6.07) is 16.6. The average Bonchev–Trinajstić information content (AvgIpc) is 3.06. The summed E-state index contributed by atoms with van der Waals surface area (Å²) in [4.78, 5) is 39.4. The minimum absolute atomic E-state index is 0.0696. The Morgan fingerprint density at radius 1 is 0.944 bits per heavy atom. The van der Waals surface area contributed by atoms with Gasteiger partial charge in [-0.1, -0.05) is 46.9 Å². The average molecular weight is 545 g/mol. The summed E-state index contributed by atoms with van der Waals surface area (Å²) in [5, 5.41) is 6.41. The lowest BCUT2D eigenvalue weighted by Crippen LogP contribution is -2.32. The molecule has 0 fully saturated rings. The first kappa shape index (κ1) is 25.6. The molecule has 184 valence electrons. The second-order valence-electron chi connectivity index (χ2n) is 7.93. The number of benzene rings is 3. The van der Waals surface area contributed by atoms with Gasteiger partial charge in [0.05, 0.1) is 12.8 Å². The molecule has 0 saturated heterocycles. The van der Waals surface area contributed by atoms with Gasteiger partial charge in [0.15, 0.2) is 0 Å². The van der Waals surface area contributed by atoms with Crippen LogP contribution in [0.4, 0.5) is 11.4 Å². The third-order valence-corrected chi connectivity index (χ3v) is 6.41. The molecule has 0 radical (unpaired) electrons. The number of halogens is 3. The van der Waals surface area contributed by atoms with Crippen LogP contribution in [0.15, 0.2) is 71.4 Å².